The van der Waals surface area contributed by atoms with Crippen LogP contribution in [0, 0.1) is 5.92 Å². The lowest BCUT2D eigenvalue weighted by molar-refractivity contribution is 0.0925. The molecule has 2 aromatic carbocycles. The van der Waals surface area contributed by atoms with Crippen molar-refractivity contribution in [3.63, 3.8) is 0 Å². The minimum absolute atomic E-state index is 0.155. The molecule has 7 nitrogen and oxygen atoms in total. The van der Waals surface area contributed by atoms with Gasteiger partial charge in [0.25, 0.3) is 5.91 Å². The van der Waals surface area contributed by atoms with Gasteiger partial charge >= 0.3 is 6.09 Å². The maximum Gasteiger partial charge on any atom is 0.411 e. The Kier molecular flexibility index (Phi) is 6.59. The van der Waals surface area contributed by atoms with Crippen LogP contribution in [-0.4, -0.2) is 31.8 Å². The van der Waals surface area contributed by atoms with Gasteiger partial charge in [0.2, 0.25) is 0 Å². The quantitative estimate of drug-likeness (QED) is 0.763. The van der Waals surface area contributed by atoms with E-state index in [1.165, 1.54) is 0 Å². The smallest absolute Gasteiger partial charge is 0.411 e. The number of ether oxygens (including phenoxy) is 3. The van der Waals surface area contributed by atoms with E-state index in [1.54, 1.807) is 31.2 Å². The van der Waals surface area contributed by atoms with Crippen LogP contribution in [0.3, 0.4) is 0 Å². The Labute approximate surface area is 170 Å². The standard InChI is InChI=1S/C22H26N2O5/c1-4-27-22(26)23-17-7-5-6-16(12-17)21(25)24-20(14(2)3)15-8-9-18-19(13-15)29-11-10-28-18/h5-9,12-14,20H,4,10-11H2,1-3H3,(H,23,26)(H,24,25)/t20-/m1/s1. The van der Waals surface area contributed by atoms with E-state index in [0.717, 1.165) is 5.56 Å². The van der Waals surface area contributed by atoms with Crippen molar-refractivity contribution in [3.8, 4) is 11.5 Å². The molecular weight excluding hydrogens is 372 g/mol. The van der Waals surface area contributed by atoms with Gasteiger partial charge in [0.05, 0.1) is 12.6 Å². The summed E-state index contributed by atoms with van der Waals surface area (Å²) in [5.41, 5.74) is 1.89. The highest BCUT2D eigenvalue weighted by Gasteiger charge is 2.22. The first kappa shape index (κ1) is 20.5. The summed E-state index contributed by atoms with van der Waals surface area (Å²) in [5.74, 6) is 1.33. The fourth-order valence-electron chi connectivity index (χ4n) is 3.14. The van der Waals surface area contributed by atoms with Gasteiger partial charge in [0, 0.05) is 11.3 Å². The molecule has 1 heterocycles. The molecule has 3 rings (SSSR count). The van der Waals surface area contributed by atoms with Crippen molar-refractivity contribution >= 4 is 17.7 Å². The van der Waals surface area contributed by atoms with Crippen LogP contribution in [0.1, 0.15) is 42.7 Å². The lowest BCUT2D eigenvalue weighted by atomic mass is 9.95. The third kappa shape index (κ3) is 5.19. The Bertz CT molecular complexity index is 881. The minimum Gasteiger partial charge on any atom is -0.486 e. The van der Waals surface area contributed by atoms with Crippen LogP contribution in [0.5, 0.6) is 11.5 Å². The number of benzene rings is 2. The van der Waals surface area contributed by atoms with E-state index in [9.17, 15) is 9.59 Å². The minimum atomic E-state index is -0.554. The Morgan fingerprint density at radius 2 is 1.83 bits per heavy atom. The average Bonchev–Trinajstić information content (AvgIpc) is 2.71. The van der Waals surface area contributed by atoms with E-state index >= 15 is 0 Å². The summed E-state index contributed by atoms with van der Waals surface area (Å²) in [6.45, 7) is 7.13. The number of anilines is 1. The third-order valence-corrected chi connectivity index (χ3v) is 4.53. The van der Waals surface area contributed by atoms with Crippen LogP contribution in [0.4, 0.5) is 10.5 Å². The highest BCUT2D eigenvalue weighted by molar-refractivity contribution is 5.96. The number of hydrogen-bond acceptors (Lipinski definition) is 5. The second-order valence-corrected chi connectivity index (χ2v) is 7.02. The average molecular weight is 398 g/mol. The summed E-state index contributed by atoms with van der Waals surface area (Å²) in [6.07, 6.45) is -0.554. The number of fused-ring (bicyclic) bond motifs is 1. The highest BCUT2D eigenvalue weighted by Crippen LogP contribution is 2.34. The van der Waals surface area contributed by atoms with Gasteiger partial charge in [-0.25, -0.2) is 4.79 Å². The summed E-state index contributed by atoms with van der Waals surface area (Å²) in [6, 6.07) is 12.3. The molecule has 0 fully saturated rings. The number of nitrogens with one attached hydrogen (secondary N) is 2. The van der Waals surface area contributed by atoms with Gasteiger partial charge in [-0.05, 0) is 48.7 Å². The van der Waals surface area contributed by atoms with Crippen molar-refractivity contribution in [1.29, 1.82) is 0 Å². The molecule has 0 spiro atoms. The molecule has 7 heteroatoms. The van der Waals surface area contributed by atoms with Crippen molar-refractivity contribution in [2.45, 2.75) is 26.8 Å². The zero-order valence-electron chi connectivity index (χ0n) is 16.9. The van der Waals surface area contributed by atoms with Crippen molar-refractivity contribution < 1.29 is 23.8 Å². The predicted octanol–water partition coefficient (Wildman–Crippen LogP) is 4.15. The Morgan fingerprint density at radius 1 is 1.07 bits per heavy atom. The summed E-state index contributed by atoms with van der Waals surface area (Å²) < 4.78 is 16.1. The Morgan fingerprint density at radius 3 is 2.55 bits per heavy atom. The van der Waals surface area contributed by atoms with E-state index in [2.05, 4.69) is 10.6 Å². The molecule has 1 atom stereocenters. The summed E-state index contributed by atoms with van der Waals surface area (Å²) in [7, 11) is 0. The topological polar surface area (TPSA) is 85.9 Å². The molecule has 1 aliphatic heterocycles. The van der Waals surface area contributed by atoms with E-state index < -0.39 is 6.09 Å². The maximum atomic E-state index is 12.9. The Balaban J connectivity index is 1.76. The molecule has 0 aromatic heterocycles. The van der Waals surface area contributed by atoms with E-state index in [4.69, 9.17) is 14.2 Å². The normalized spacial score (nSPS) is 13.5. The molecule has 0 saturated carbocycles. The third-order valence-electron chi connectivity index (χ3n) is 4.53. The molecule has 0 unspecified atom stereocenters. The number of amides is 2. The van der Waals surface area contributed by atoms with Crippen molar-refractivity contribution in [1.82, 2.24) is 5.32 Å². The molecule has 154 valence electrons. The molecule has 0 bridgehead atoms. The Hall–Kier alpha value is -3.22. The number of hydrogen-bond donors (Lipinski definition) is 2. The van der Waals surface area contributed by atoms with Gasteiger partial charge in [0.1, 0.15) is 13.2 Å². The summed E-state index contributed by atoms with van der Waals surface area (Å²) in [5, 5.41) is 5.69. The molecular formula is C22H26N2O5. The monoisotopic (exact) mass is 398 g/mol. The lowest BCUT2D eigenvalue weighted by Gasteiger charge is -2.25. The molecule has 2 aromatic rings. The first-order chi connectivity index (χ1) is 14.0. The highest BCUT2D eigenvalue weighted by atomic mass is 16.6. The molecule has 0 aliphatic carbocycles. The maximum absolute atomic E-state index is 12.9. The summed E-state index contributed by atoms with van der Waals surface area (Å²) >= 11 is 0. The molecule has 2 N–H and O–H groups in total. The van der Waals surface area contributed by atoms with Gasteiger partial charge in [-0.15, -0.1) is 0 Å². The SMILES string of the molecule is CCOC(=O)Nc1cccc(C(=O)N[C@@H](c2ccc3c(c2)OCCO3)C(C)C)c1. The zero-order chi connectivity index (χ0) is 20.8. The number of carbonyl (C=O) groups is 2. The molecule has 2 amide bonds. The van der Waals surface area contributed by atoms with Crippen molar-refractivity contribution in [2.24, 2.45) is 5.92 Å². The molecule has 0 saturated heterocycles. The van der Waals surface area contributed by atoms with Crippen molar-refractivity contribution in [2.75, 3.05) is 25.1 Å². The number of carbonyl (C=O) groups excluding carboxylic acids is 2. The van der Waals surface area contributed by atoms with E-state index in [-0.39, 0.29) is 24.5 Å². The second kappa shape index (κ2) is 9.32. The van der Waals surface area contributed by atoms with Crippen LogP contribution in [0.25, 0.3) is 0 Å². The van der Waals surface area contributed by atoms with E-state index in [0.29, 0.717) is 36.0 Å². The largest absolute Gasteiger partial charge is 0.486 e. The van der Waals surface area contributed by atoms with Crippen LogP contribution >= 0.6 is 0 Å². The van der Waals surface area contributed by atoms with E-state index in [1.807, 2.05) is 32.0 Å². The first-order valence-corrected chi connectivity index (χ1v) is 9.72. The fourth-order valence-corrected chi connectivity index (χ4v) is 3.14. The van der Waals surface area contributed by atoms with Crippen LogP contribution in [0.2, 0.25) is 0 Å². The molecule has 1 aliphatic rings. The predicted molar refractivity (Wildman–Crippen MR) is 110 cm³/mol. The fraction of sp³-hybridized carbons (Fsp3) is 0.364. The van der Waals surface area contributed by atoms with Gasteiger partial charge in [-0.1, -0.05) is 26.0 Å². The first-order valence-electron chi connectivity index (χ1n) is 9.72. The van der Waals surface area contributed by atoms with Gasteiger partial charge in [-0.3, -0.25) is 10.1 Å². The molecule has 29 heavy (non-hydrogen) atoms. The van der Waals surface area contributed by atoms with Gasteiger partial charge in [0.15, 0.2) is 11.5 Å². The van der Waals surface area contributed by atoms with Crippen LogP contribution in [-0.2, 0) is 4.74 Å². The van der Waals surface area contributed by atoms with Crippen molar-refractivity contribution in [3.05, 3.63) is 53.6 Å². The van der Waals surface area contributed by atoms with Crippen LogP contribution in [0.15, 0.2) is 42.5 Å². The second-order valence-electron chi connectivity index (χ2n) is 7.02. The van der Waals surface area contributed by atoms with Crippen LogP contribution < -0.4 is 20.1 Å². The number of rotatable bonds is 6. The van der Waals surface area contributed by atoms with Gasteiger partial charge in [-0.2, -0.15) is 0 Å². The summed E-state index contributed by atoms with van der Waals surface area (Å²) in [4.78, 5) is 24.5. The van der Waals surface area contributed by atoms with Gasteiger partial charge < -0.3 is 19.5 Å². The zero-order valence-corrected chi connectivity index (χ0v) is 16.9. The lowest BCUT2D eigenvalue weighted by Crippen LogP contribution is -2.32. The molecule has 0 radical (unpaired) electrons.